The third-order valence-corrected chi connectivity index (χ3v) is 6.80. The van der Waals surface area contributed by atoms with Gasteiger partial charge >= 0.3 is 6.36 Å². The summed E-state index contributed by atoms with van der Waals surface area (Å²) in [5.74, 6) is -0.275. The number of nitrogens with zero attached hydrogens (tertiary/aromatic N) is 3. The fourth-order valence-electron chi connectivity index (χ4n) is 4.59. The third-order valence-electron chi connectivity index (χ3n) is 6.60. The molecule has 0 aliphatic heterocycles. The number of fused-ring (bicyclic) bond motifs is 3. The molecule has 0 amide bonds. The Hall–Kier alpha value is -4.44. The van der Waals surface area contributed by atoms with E-state index in [9.17, 15) is 13.2 Å². The van der Waals surface area contributed by atoms with Crippen LogP contribution in [0.5, 0.6) is 5.75 Å². The highest BCUT2D eigenvalue weighted by Crippen LogP contribution is 2.29. The van der Waals surface area contributed by atoms with Crippen molar-refractivity contribution in [2.24, 2.45) is 5.10 Å². The van der Waals surface area contributed by atoms with Gasteiger partial charge < -0.3 is 10.1 Å². The molecule has 0 atom stereocenters. The summed E-state index contributed by atoms with van der Waals surface area (Å²) in [6.07, 6.45) is -2.19. The molecular weight excluding hydrogens is 535 g/mol. The van der Waals surface area contributed by atoms with Crippen LogP contribution in [0.25, 0.3) is 27.5 Å². The number of hydrogen-bond acceptors (Lipinski definition) is 4. The Morgan fingerprint density at radius 2 is 1.82 bits per heavy atom. The lowest BCUT2D eigenvalue weighted by molar-refractivity contribution is -0.274. The van der Waals surface area contributed by atoms with Gasteiger partial charge in [-0.25, -0.2) is 4.98 Å². The number of anilines is 1. The van der Waals surface area contributed by atoms with Crippen LogP contribution in [0.3, 0.4) is 0 Å². The van der Waals surface area contributed by atoms with Crippen molar-refractivity contribution in [3.05, 3.63) is 95.8 Å². The summed E-state index contributed by atoms with van der Waals surface area (Å²) >= 11 is 5.48. The minimum absolute atomic E-state index is 0.275. The Bertz CT molecular complexity index is 1740. The van der Waals surface area contributed by atoms with E-state index >= 15 is 0 Å². The van der Waals surface area contributed by atoms with E-state index in [-0.39, 0.29) is 5.75 Å². The topological polar surface area (TPSA) is 63.5 Å². The van der Waals surface area contributed by atoms with E-state index in [0.29, 0.717) is 10.8 Å². The second-order valence-corrected chi connectivity index (χ2v) is 9.66. The van der Waals surface area contributed by atoms with E-state index in [1.165, 1.54) is 17.7 Å². The molecule has 40 heavy (non-hydrogen) atoms. The van der Waals surface area contributed by atoms with Crippen molar-refractivity contribution < 1.29 is 17.9 Å². The average molecular weight is 562 g/mol. The molecule has 10 heteroatoms. The smallest absolute Gasteiger partial charge is 0.406 e. The Balaban J connectivity index is 1.35. The maximum absolute atomic E-state index is 12.5. The van der Waals surface area contributed by atoms with Crippen LogP contribution in [0.15, 0.2) is 84.2 Å². The van der Waals surface area contributed by atoms with Crippen molar-refractivity contribution in [1.29, 1.82) is 0 Å². The number of aromatic nitrogens is 2. The molecule has 0 spiro atoms. The maximum atomic E-state index is 12.5. The predicted octanol–water partition coefficient (Wildman–Crippen LogP) is 7.66. The van der Waals surface area contributed by atoms with Gasteiger partial charge in [-0.05, 0) is 91.0 Å². The summed E-state index contributed by atoms with van der Waals surface area (Å²) in [5.41, 5.74) is 10.2. The van der Waals surface area contributed by atoms with Gasteiger partial charge in [0.05, 0.1) is 16.7 Å². The number of ether oxygens (including phenoxy) is 1. The summed E-state index contributed by atoms with van der Waals surface area (Å²) in [5, 5.41) is 10.1. The molecule has 0 saturated heterocycles. The van der Waals surface area contributed by atoms with Gasteiger partial charge in [0.1, 0.15) is 12.1 Å². The van der Waals surface area contributed by atoms with E-state index in [4.69, 9.17) is 12.2 Å². The van der Waals surface area contributed by atoms with Crippen molar-refractivity contribution in [3.63, 3.8) is 0 Å². The number of para-hydroxylation sites is 1. The highest BCUT2D eigenvalue weighted by molar-refractivity contribution is 7.80. The molecule has 0 bridgehead atoms. The molecule has 4 aromatic carbocycles. The van der Waals surface area contributed by atoms with E-state index in [0.717, 1.165) is 50.8 Å². The van der Waals surface area contributed by atoms with Crippen LogP contribution in [0.2, 0.25) is 0 Å². The fraction of sp³-hybridized carbons (Fsp3) is 0.167. The Morgan fingerprint density at radius 1 is 1.05 bits per heavy atom. The first-order valence-electron chi connectivity index (χ1n) is 12.6. The van der Waals surface area contributed by atoms with E-state index in [1.54, 1.807) is 18.5 Å². The summed E-state index contributed by atoms with van der Waals surface area (Å²) in [6, 6.07) is 21.7. The fourth-order valence-corrected chi connectivity index (χ4v) is 4.74. The molecule has 1 aromatic heterocycles. The lowest BCUT2D eigenvalue weighted by Gasteiger charge is -2.14. The number of imidazole rings is 1. The molecule has 5 aromatic rings. The van der Waals surface area contributed by atoms with Crippen LogP contribution < -0.4 is 15.5 Å². The minimum atomic E-state index is -4.73. The van der Waals surface area contributed by atoms with Crippen molar-refractivity contribution in [2.45, 2.75) is 33.6 Å². The molecule has 0 aliphatic carbocycles. The standard InChI is InChI=1S/C30H26F3N5OS/c1-4-20-7-5-6-18(2)27(20)35-29(40)37-36-19(3)21-8-14-25-22(16-21)9-15-26-28(25)34-17-38(26)23-10-12-24(13-11-23)39-30(31,32)33/h5-17H,4H2,1-3H3,(H2,35,37,40). The molecule has 0 aliphatic rings. The Labute approximate surface area is 234 Å². The predicted molar refractivity (Wildman–Crippen MR) is 157 cm³/mol. The third kappa shape index (κ3) is 5.76. The first kappa shape index (κ1) is 27.1. The number of thiocarbonyl (C=S) groups is 1. The Kier molecular flexibility index (Phi) is 7.44. The molecule has 204 valence electrons. The molecule has 2 N–H and O–H groups in total. The molecule has 0 unspecified atom stereocenters. The normalized spacial score (nSPS) is 12.1. The molecule has 0 radical (unpaired) electrons. The zero-order valence-electron chi connectivity index (χ0n) is 22.0. The van der Waals surface area contributed by atoms with Crippen molar-refractivity contribution in [3.8, 4) is 11.4 Å². The van der Waals surface area contributed by atoms with E-state index in [2.05, 4.69) is 38.6 Å². The van der Waals surface area contributed by atoms with Gasteiger partial charge in [-0.3, -0.25) is 9.99 Å². The van der Waals surface area contributed by atoms with Crippen LogP contribution in [-0.4, -0.2) is 26.7 Å². The highest BCUT2D eigenvalue weighted by Gasteiger charge is 2.31. The average Bonchev–Trinajstić information content (AvgIpc) is 3.36. The van der Waals surface area contributed by atoms with Crippen molar-refractivity contribution >= 4 is 50.5 Å². The monoisotopic (exact) mass is 561 g/mol. The number of rotatable bonds is 6. The van der Waals surface area contributed by atoms with Crippen molar-refractivity contribution in [1.82, 2.24) is 15.0 Å². The lowest BCUT2D eigenvalue weighted by Crippen LogP contribution is -2.26. The summed E-state index contributed by atoms with van der Waals surface area (Å²) in [7, 11) is 0. The molecular formula is C30H26F3N5OS. The van der Waals surface area contributed by atoms with E-state index in [1.807, 2.05) is 60.9 Å². The summed E-state index contributed by atoms with van der Waals surface area (Å²) in [4.78, 5) is 4.58. The molecule has 0 saturated carbocycles. The van der Waals surface area contributed by atoms with Gasteiger partial charge in [0.15, 0.2) is 5.11 Å². The number of aryl methyl sites for hydroxylation is 2. The van der Waals surface area contributed by atoms with Crippen LogP contribution in [-0.2, 0) is 6.42 Å². The zero-order valence-corrected chi connectivity index (χ0v) is 22.8. The molecule has 0 fully saturated rings. The second kappa shape index (κ2) is 11.0. The number of nitrogens with one attached hydrogen (secondary N) is 2. The highest BCUT2D eigenvalue weighted by atomic mass is 32.1. The number of hydrogen-bond donors (Lipinski definition) is 2. The number of hydrazone groups is 1. The van der Waals surface area contributed by atoms with Gasteiger partial charge in [-0.2, -0.15) is 5.10 Å². The SMILES string of the molecule is CCc1cccc(C)c1NC(=S)NN=C(C)c1ccc2c(ccc3c2ncn3-c2ccc(OC(F)(F)F)cc2)c1. The van der Waals surface area contributed by atoms with Gasteiger partial charge in [-0.15, -0.1) is 13.2 Å². The van der Waals surface area contributed by atoms with Gasteiger partial charge in [-0.1, -0.05) is 43.3 Å². The first-order chi connectivity index (χ1) is 19.1. The minimum Gasteiger partial charge on any atom is -0.406 e. The van der Waals surface area contributed by atoms with Gasteiger partial charge in [0.25, 0.3) is 0 Å². The molecule has 6 nitrogen and oxygen atoms in total. The van der Waals surface area contributed by atoms with Crippen LogP contribution in [0.1, 0.15) is 30.5 Å². The number of benzene rings is 4. The van der Waals surface area contributed by atoms with Crippen LogP contribution in [0, 0.1) is 6.92 Å². The van der Waals surface area contributed by atoms with Crippen molar-refractivity contribution in [2.75, 3.05) is 5.32 Å². The lowest BCUT2D eigenvalue weighted by atomic mass is 10.0. The zero-order chi connectivity index (χ0) is 28.4. The maximum Gasteiger partial charge on any atom is 0.573 e. The van der Waals surface area contributed by atoms with Gasteiger partial charge in [0.2, 0.25) is 0 Å². The molecule has 1 heterocycles. The molecule has 5 rings (SSSR count). The number of halogens is 3. The first-order valence-corrected chi connectivity index (χ1v) is 13.0. The summed E-state index contributed by atoms with van der Waals surface area (Å²) < 4.78 is 43.3. The second-order valence-electron chi connectivity index (χ2n) is 9.25. The van der Waals surface area contributed by atoms with E-state index < -0.39 is 6.36 Å². The quantitative estimate of drug-likeness (QED) is 0.127. The summed E-state index contributed by atoms with van der Waals surface area (Å²) in [6.45, 7) is 6.05. The largest absolute Gasteiger partial charge is 0.573 e. The van der Waals surface area contributed by atoms with Crippen LogP contribution >= 0.6 is 12.2 Å². The Morgan fingerprint density at radius 3 is 2.55 bits per heavy atom. The van der Waals surface area contributed by atoms with Gasteiger partial charge in [0, 0.05) is 16.8 Å². The van der Waals surface area contributed by atoms with Crippen LogP contribution in [0.4, 0.5) is 18.9 Å². The number of alkyl halides is 3.